The summed E-state index contributed by atoms with van der Waals surface area (Å²) < 4.78 is 48.5. The van der Waals surface area contributed by atoms with Gasteiger partial charge in [0.25, 0.3) is 0 Å². The number of rotatable bonds is 3. The van der Waals surface area contributed by atoms with Crippen molar-refractivity contribution >= 4 is 11.6 Å². The van der Waals surface area contributed by atoms with Crippen LogP contribution in [0.15, 0.2) is 18.2 Å². The lowest BCUT2D eigenvalue weighted by Gasteiger charge is -2.14. The Morgan fingerprint density at radius 3 is 2.50 bits per heavy atom. The third-order valence-corrected chi connectivity index (χ3v) is 2.36. The molecule has 1 unspecified atom stereocenters. The van der Waals surface area contributed by atoms with Crippen LogP contribution in [0.1, 0.15) is 24.5 Å². The molecular weight excluding hydrogens is 248 g/mol. The summed E-state index contributed by atoms with van der Waals surface area (Å²) in [5, 5.41) is 9.49. The molecule has 0 radical (unpaired) electrons. The summed E-state index contributed by atoms with van der Waals surface area (Å²) in [5.41, 5.74) is -0.0223. The highest BCUT2D eigenvalue weighted by Gasteiger charge is 2.28. The Kier molecular flexibility index (Phi) is 4.15. The van der Waals surface area contributed by atoms with Crippen LogP contribution in [0.2, 0.25) is 5.02 Å². The normalized spacial score (nSPS) is 13.9. The molecule has 0 fully saturated rings. The topological polar surface area (TPSA) is 20.2 Å². The lowest BCUT2D eigenvalue weighted by Crippen LogP contribution is -2.10. The largest absolute Gasteiger partial charge is 0.389 e. The van der Waals surface area contributed by atoms with Crippen LogP contribution in [0.5, 0.6) is 0 Å². The smallest absolute Gasteiger partial charge is 0.388 e. The predicted molar refractivity (Wildman–Crippen MR) is 51.7 cm³/mol. The van der Waals surface area contributed by atoms with Crippen molar-refractivity contribution in [3.8, 4) is 0 Å². The number of benzene rings is 1. The molecule has 0 aromatic heterocycles. The molecule has 1 nitrogen and oxygen atoms in total. The number of hydrogen-bond donors (Lipinski definition) is 1. The zero-order chi connectivity index (χ0) is 12.3. The number of hydrogen-bond acceptors (Lipinski definition) is 1. The van der Waals surface area contributed by atoms with Gasteiger partial charge < -0.3 is 5.11 Å². The van der Waals surface area contributed by atoms with E-state index in [2.05, 4.69) is 0 Å². The molecule has 6 heteroatoms. The quantitative estimate of drug-likeness (QED) is 0.815. The van der Waals surface area contributed by atoms with Gasteiger partial charge in [-0.05, 0) is 24.6 Å². The van der Waals surface area contributed by atoms with E-state index in [4.69, 9.17) is 11.6 Å². The first-order valence-corrected chi connectivity index (χ1v) is 4.87. The molecule has 0 aliphatic carbocycles. The van der Waals surface area contributed by atoms with Gasteiger partial charge in [-0.2, -0.15) is 13.2 Å². The Hall–Kier alpha value is -0.810. The second-order valence-electron chi connectivity index (χ2n) is 3.34. The average molecular weight is 257 g/mol. The van der Waals surface area contributed by atoms with E-state index in [9.17, 15) is 22.7 Å². The van der Waals surface area contributed by atoms with E-state index < -0.39 is 30.9 Å². The highest BCUT2D eigenvalue weighted by Crippen LogP contribution is 2.31. The number of aliphatic hydroxyl groups is 1. The molecule has 1 aromatic carbocycles. The number of halogens is 5. The molecule has 0 heterocycles. The first-order valence-electron chi connectivity index (χ1n) is 4.49. The zero-order valence-electron chi connectivity index (χ0n) is 8.06. The minimum atomic E-state index is -4.35. The summed E-state index contributed by atoms with van der Waals surface area (Å²) in [4.78, 5) is 0. The van der Waals surface area contributed by atoms with Gasteiger partial charge in [0.2, 0.25) is 0 Å². The molecule has 0 amide bonds. The zero-order valence-corrected chi connectivity index (χ0v) is 8.82. The fourth-order valence-corrected chi connectivity index (χ4v) is 1.47. The maximum atomic E-state index is 12.8. The molecule has 1 aromatic rings. The molecule has 0 saturated carbocycles. The molecular formula is C10H9ClF4O. The first-order chi connectivity index (χ1) is 7.29. The van der Waals surface area contributed by atoms with E-state index >= 15 is 0 Å². The van der Waals surface area contributed by atoms with Crippen molar-refractivity contribution in [2.75, 3.05) is 0 Å². The van der Waals surface area contributed by atoms with Crippen molar-refractivity contribution in [1.29, 1.82) is 0 Å². The molecule has 1 atom stereocenters. The van der Waals surface area contributed by atoms with Crippen molar-refractivity contribution in [3.63, 3.8) is 0 Å². The Morgan fingerprint density at radius 2 is 1.94 bits per heavy atom. The second kappa shape index (κ2) is 5.01. The fraction of sp³-hybridized carbons (Fsp3) is 0.400. The Labute approximate surface area is 94.7 Å². The highest BCUT2D eigenvalue weighted by atomic mass is 35.5. The third-order valence-electron chi connectivity index (χ3n) is 2.02. The Balaban J connectivity index is 2.73. The fourth-order valence-electron chi connectivity index (χ4n) is 1.23. The predicted octanol–water partition coefficient (Wildman–Crippen LogP) is 3.86. The molecule has 1 N–H and O–H groups in total. The minimum Gasteiger partial charge on any atom is -0.388 e. The van der Waals surface area contributed by atoms with E-state index in [1.54, 1.807) is 0 Å². The first kappa shape index (κ1) is 13.3. The van der Waals surface area contributed by atoms with Crippen LogP contribution in [0.3, 0.4) is 0 Å². The summed E-state index contributed by atoms with van der Waals surface area (Å²) >= 11 is 5.63. The number of aliphatic hydroxyl groups excluding tert-OH is 1. The Bertz CT molecular complexity index is 364. The van der Waals surface area contributed by atoms with E-state index in [0.717, 1.165) is 12.1 Å². The van der Waals surface area contributed by atoms with Crippen molar-refractivity contribution in [3.05, 3.63) is 34.6 Å². The minimum absolute atomic E-state index is 0.0223. The molecule has 90 valence electrons. The Morgan fingerprint density at radius 1 is 1.31 bits per heavy atom. The SMILES string of the molecule is OC(CCC(F)(F)F)c1cc(F)ccc1Cl. The summed E-state index contributed by atoms with van der Waals surface area (Å²) in [6.45, 7) is 0. The maximum absolute atomic E-state index is 12.8. The summed E-state index contributed by atoms with van der Waals surface area (Å²) in [7, 11) is 0. The molecule has 16 heavy (non-hydrogen) atoms. The van der Waals surface area contributed by atoms with Gasteiger partial charge in [0.05, 0.1) is 6.10 Å². The average Bonchev–Trinajstić information content (AvgIpc) is 2.17. The standard InChI is InChI=1S/C10H9ClF4O/c11-8-2-1-6(12)5-7(8)9(16)3-4-10(13,14)15/h1-2,5,9,16H,3-4H2. The van der Waals surface area contributed by atoms with Gasteiger partial charge in [0, 0.05) is 17.0 Å². The van der Waals surface area contributed by atoms with Crippen LogP contribution in [0, 0.1) is 5.82 Å². The van der Waals surface area contributed by atoms with E-state index in [1.807, 2.05) is 0 Å². The lowest BCUT2D eigenvalue weighted by molar-refractivity contribution is -0.140. The molecule has 1 rings (SSSR count). The lowest BCUT2D eigenvalue weighted by atomic mass is 10.0. The molecule has 0 bridgehead atoms. The second-order valence-corrected chi connectivity index (χ2v) is 3.74. The van der Waals surface area contributed by atoms with Gasteiger partial charge >= 0.3 is 6.18 Å². The van der Waals surface area contributed by atoms with Crippen LogP contribution in [-0.2, 0) is 0 Å². The van der Waals surface area contributed by atoms with Crippen LogP contribution < -0.4 is 0 Å². The van der Waals surface area contributed by atoms with Crippen molar-refractivity contribution in [2.24, 2.45) is 0 Å². The summed E-state index contributed by atoms with van der Waals surface area (Å²) in [6.07, 6.45) is -7.43. The van der Waals surface area contributed by atoms with Gasteiger partial charge in [0.15, 0.2) is 0 Å². The summed E-state index contributed by atoms with van der Waals surface area (Å²) in [5.74, 6) is -0.648. The van der Waals surface area contributed by atoms with E-state index in [1.165, 1.54) is 6.07 Å². The molecule has 0 spiro atoms. The van der Waals surface area contributed by atoms with Gasteiger partial charge in [-0.1, -0.05) is 11.6 Å². The van der Waals surface area contributed by atoms with Crippen molar-refractivity contribution in [2.45, 2.75) is 25.1 Å². The van der Waals surface area contributed by atoms with E-state index in [-0.39, 0.29) is 10.6 Å². The van der Waals surface area contributed by atoms with E-state index in [0.29, 0.717) is 0 Å². The van der Waals surface area contributed by atoms with Crippen molar-refractivity contribution in [1.82, 2.24) is 0 Å². The molecule has 0 aliphatic heterocycles. The van der Waals surface area contributed by atoms with Gasteiger partial charge in [-0.3, -0.25) is 0 Å². The van der Waals surface area contributed by atoms with Crippen LogP contribution in [0.25, 0.3) is 0 Å². The third kappa shape index (κ3) is 3.98. The van der Waals surface area contributed by atoms with Crippen LogP contribution in [-0.4, -0.2) is 11.3 Å². The highest BCUT2D eigenvalue weighted by molar-refractivity contribution is 6.31. The maximum Gasteiger partial charge on any atom is 0.389 e. The van der Waals surface area contributed by atoms with Gasteiger partial charge in [0.1, 0.15) is 5.82 Å². The molecule has 0 aliphatic rings. The van der Waals surface area contributed by atoms with Crippen LogP contribution in [0.4, 0.5) is 17.6 Å². The molecule has 0 saturated heterocycles. The van der Waals surface area contributed by atoms with Gasteiger partial charge in [-0.15, -0.1) is 0 Å². The van der Waals surface area contributed by atoms with Crippen molar-refractivity contribution < 1.29 is 22.7 Å². The van der Waals surface area contributed by atoms with Crippen LogP contribution >= 0.6 is 11.6 Å². The summed E-state index contributed by atoms with van der Waals surface area (Å²) in [6, 6.07) is 3.20. The number of alkyl halides is 3. The van der Waals surface area contributed by atoms with Gasteiger partial charge in [-0.25, -0.2) is 4.39 Å². The monoisotopic (exact) mass is 256 g/mol.